The maximum Gasteiger partial charge on any atom is 0.316 e. The molecule has 0 aliphatic carbocycles. The Labute approximate surface area is 112 Å². The lowest BCUT2D eigenvalue weighted by molar-refractivity contribution is -0.145. The Morgan fingerprint density at radius 3 is 2.68 bits per heavy atom. The van der Waals surface area contributed by atoms with Crippen LogP contribution in [0.2, 0.25) is 0 Å². The molecule has 5 nitrogen and oxygen atoms in total. The molecule has 0 spiro atoms. The number of likely N-dealkylation sites (N-methyl/N-ethyl adjacent to an activating group) is 1. The van der Waals surface area contributed by atoms with Crippen LogP contribution in [0.15, 0.2) is 30.3 Å². The second-order valence-electron chi connectivity index (χ2n) is 4.38. The summed E-state index contributed by atoms with van der Waals surface area (Å²) in [6.45, 7) is 1.48. The van der Waals surface area contributed by atoms with Crippen molar-refractivity contribution in [2.75, 3.05) is 31.6 Å². The molecule has 1 saturated heterocycles. The number of piperazine rings is 1. The fourth-order valence-electron chi connectivity index (χ4n) is 2.03. The second-order valence-corrected chi connectivity index (χ2v) is 4.38. The third kappa shape index (κ3) is 2.66. The topological polar surface area (TPSA) is 66.6 Å². The van der Waals surface area contributed by atoms with Gasteiger partial charge in [0.1, 0.15) is 0 Å². The maximum absolute atomic E-state index is 12.0. The highest BCUT2D eigenvalue weighted by molar-refractivity contribution is 6.41. The van der Waals surface area contributed by atoms with E-state index < -0.39 is 11.8 Å². The van der Waals surface area contributed by atoms with E-state index in [1.165, 1.54) is 9.80 Å². The monoisotopic (exact) mass is 259 g/mol. The van der Waals surface area contributed by atoms with Crippen LogP contribution in [-0.2, 0) is 9.59 Å². The number of benzene rings is 1. The average Bonchev–Trinajstić information content (AvgIpc) is 2.43. The van der Waals surface area contributed by atoms with E-state index in [-0.39, 0.29) is 0 Å². The highest BCUT2D eigenvalue weighted by Gasteiger charge is 2.31. The van der Waals surface area contributed by atoms with E-state index in [4.69, 9.17) is 5.73 Å². The van der Waals surface area contributed by atoms with Gasteiger partial charge in [0.2, 0.25) is 0 Å². The van der Waals surface area contributed by atoms with Crippen molar-refractivity contribution in [3.63, 3.8) is 0 Å². The van der Waals surface area contributed by atoms with Gasteiger partial charge in [0.05, 0.1) is 5.69 Å². The number of amides is 2. The lowest BCUT2D eigenvalue weighted by Gasteiger charge is -2.32. The van der Waals surface area contributed by atoms with E-state index in [0.717, 1.165) is 11.3 Å². The first-order chi connectivity index (χ1) is 9.15. The largest absolute Gasteiger partial charge is 0.336 e. The standard InChI is InChI=1S/C14H17N3O2/c1-16-9-10-17(14(19)13(16)18)12-7-3-2-5-11(12)6-4-8-15/h2-7H,8-10,15H2,1H3/b6-4+. The van der Waals surface area contributed by atoms with Crippen molar-refractivity contribution in [3.05, 3.63) is 35.9 Å². The molecule has 19 heavy (non-hydrogen) atoms. The van der Waals surface area contributed by atoms with Gasteiger partial charge in [-0.3, -0.25) is 9.59 Å². The van der Waals surface area contributed by atoms with Gasteiger partial charge in [-0.2, -0.15) is 0 Å². The number of nitrogens with two attached hydrogens (primary N) is 1. The molecular formula is C14H17N3O2. The van der Waals surface area contributed by atoms with E-state index in [1.807, 2.05) is 36.4 Å². The van der Waals surface area contributed by atoms with Crippen molar-refractivity contribution < 1.29 is 9.59 Å². The van der Waals surface area contributed by atoms with Crippen molar-refractivity contribution in [1.29, 1.82) is 0 Å². The van der Waals surface area contributed by atoms with E-state index >= 15 is 0 Å². The summed E-state index contributed by atoms with van der Waals surface area (Å²) in [4.78, 5) is 26.7. The molecule has 1 aromatic carbocycles. The van der Waals surface area contributed by atoms with Gasteiger partial charge in [-0.1, -0.05) is 30.4 Å². The fraction of sp³-hybridized carbons (Fsp3) is 0.286. The zero-order valence-corrected chi connectivity index (χ0v) is 10.9. The predicted molar refractivity (Wildman–Crippen MR) is 74.5 cm³/mol. The number of para-hydroxylation sites is 1. The Morgan fingerprint density at radius 2 is 1.95 bits per heavy atom. The quantitative estimate of drug-likeness (QED) is 0.802. The van der Waals surface area contributed by atoms with Crippen molar-refractivity contribution in [1.82, 2.24) is 4.90 Å². The first-order valence-electron chi connectivity index (χ1n) is 6.17. The molecule has 0 bridgehead atoms. The number of rotatable bonds is 3. The molecule has 0 saturated carbocycles. The van der Waals surface area contributed by atoms with Gasteiger partial charge in [0.15, 0.2) is 0 Å². The van der Waals surface area contributed by atoms with Crippen molar-refractivity contribution in [2.45, 2.75) is 0 Å². The minimum Gasteiger partial charge on any atom is -0.336 e. The van der Waals surface area contributed by atoms with Crippen LogP contribution in [0.3, 0.4) is 0 Å². The van der Waals surface area contributed by atoms with Crippen molar-refractivity contribution >= 4 is 23.6 Å². The Hall–Kier alpha value is -2.14. The summed E-state index contributed by atoms with van der Waals surface area (Å²) in [5.41, 5.74) is 7.08. The average molecular weight is 259 g/mol. The summed E-state index contributed by atoms with van der Waals surface area (Å²) in [5.74, 6) is -0.953. The Bertz CT molecular complexity index is 525. The molecule has 2 N–H and O–H groups in total. The molecule has 2 rings (SSSR count). The minimum absolute atomic E-state index is 0.434. The molecular weight excluding hydrogens is 242 g/mol. The normalized spacial score (nSPS) is 16.5. The summed E-state index contributed by atoms with van der Waals surface area (Å²) >= 11 is 0. The van der Waals surface area contributed by atoms with Crippen LogP contribution in [-0.4, -0.2) is 43.4 Å². The molecule has 1 aromatic rings. The van der Waals surface area contributed by atoms with Crippen LogP contribution in [0.4, 0.5) is 5.69 Å². The molecule has 0 radical (unpaired) electrons. The number of anilines is 1. The van der Waals surface area contributed by atoms with Crippen LogP contribution in [0.1, 0.15) is 5.56 Å². The van der Waals surface area contributed by atoms with E-state index in [9.17, 15) is 9.59 Å². The maximum atomic E-state index is 12.0. The number of hydrogen-bond acceptors (Lipinski definition) is 3. The molecule has 1 aliphatic heterocycles. The first kappa shape index (κ1) is 13.3. The Kier molecular flexibility index (Phi) is 3.97. The van der Waals surface area contributed by atoms with Gasteiger partial charge in [0.25, 0.3) is 0 Å². The van der Waals surface area contributed by atoms with Crippen LogP contribution < -0.4 is 10.6 Å². The smallest absolute Gasteiger partial charge is 0.316 e. The predicted octanol–water partition coefficient (Wildman–Crippen LogP) is 0.463. The summed E-state index contributed by atoms with van der Waals surface area (Å²) in [5, 5.41) is 0. The lowest BCUT2D eigenvalue weighted by atomic mass is 10.1. The van der Waals surface area contributed by atoms with E-state index in [0.29, 0.717) is 19.6 Å². The lowest BCUT2D eigenvalue weighted by Crippen LogP contribution is -2.53. The fourth-order valence-corrected chi connectivity index (χ4v) is 2.03. The Morgan fingerprint density at radius 1 is 1.21 bits per heavy atom. The van der Waals surface area contributed by atoms with Gasteiger partial charge >= 0.3 is 11.8 Å². The van der Waals surface area contributed by atoms with Gasteiger partial charge < -0.3 is 15.5 Å². The Balaban J connectivity index is 2.34. The van der Waals surface area contributed by atoms with Gasteiger partial charge in [-0.25, -0.2) is 0 Å². The van der Waals surface area contributed by atoms with Crippen LogP contribution in [0.25, 0.3) is 6.08 Å². The first-order valence-corrected chi connectivity index (χ1v) is 6.17. The number of carbonyl (C=O) groups excluding carboxylic acids is 2. The van der Waals surface area contributed by atoms with Crippen molar-refractivity contribution in [2.24, 2.45) is 5.73 Å². The molecule has 2 amide bonds. The molecule has 1 aliphatic rings. The summed E-state index contributed by atoms with van der Waals surface area (Å²) in [6.07, 6.45) is 3.69. The molecule has 5 heteroatoms. The van der Waals surface area contributed by atoms with Gasteiger partial charge in [-0.05, 0) is 11.6 Å². The van der Waals surface area contributed by atoms with Crippen molar-refractivity contribution in [3.8, 4) is 0 Å². The molecule has 0 atom stereocenters. The molecule has 0 unspecified atom stereocenters. The SMILES string of the molecule is CN1CCN(c2ccccc2/C=C/CN)C(=O)C1=O. The molecule has 1 fully saturated rings. The second kappa shape index (κ2) is 5.67. The minimum atomic E-state index is -0.484. The molecule has 100 valence electrons. The zero-order valence-electron chi connectivity index (χ0n) is 10.9. The van der Waals surface area contributed by atoms with Crippen LogP contribution in [0.5, 0.6) is 0 Å². The summed E-state index contributed by atoms with van der Waals surface area (Å²) in [7, 11) is 1.64. The van der Waals surface area contributed by atoms with E-state index in [1.54, 1.807) is 7.05 Å². The van der Waals surface area contributed by atoms with Crippen LogP contribution >= 0.6 is 0 Å². The summed E-state index contributed by atoms with van der Waals surface area (Å²) < 4.78 is 0. The molecule has 0 aromatic heterocycles. The van der Waals surface area contributed by atoms with Gasteiger partial charge in [0, 0.05) is 26.7 Å². The van der Waals surface area contributed by atoms with Gasteiger partial charge in [-0.15, -0.1) is 0 Å². The van der Waals surface area contributed by atoms with Crippen LogP contribution in [0, 0.1) is 0 Å². The highest BCUT2D eigenvalue weighted by atomic mass is 16.2. The van der Waals surface area contributed by atoms with E-state index in [2.05, 4.69) is 0 Å². The zero-order chi connectivity index (χ0) is 13.8. The number of hydrogen-bond donors (Lipinski definition) is 1. The third-order valence-corrected chi connectivity index (χ3v) is 3.09. The number of carbonyl (C=O) groups is 2. The third-order valence-electron chi connectivity index (χ3n) is 3.09. The highest BCUT2D eigenvalue weighted by Crippen LogP contribution is 2.23. The number of nitrogens with zero attached hydrogens (tertiary/aromatic N) is 2. The molecule has 1 heterocycles. The summed E-state index contributed by atoms with van der Waals surface area (Å²) in [6, 6.07) is 7.48.